The lowest BCUT2D eigenvalue weighted by Crippen LogP contribution is -2.18. The van der Waals surface area contributed by atoms with Crippen LogP contribution >= 0.6 is 31.9 Å². The summed E-state index contributed by atoms with van der Waals surface area (Å²) in [7, 11) is 0. The summed E-state index contributed by atoms with van der Waals surface area (Å²) in [5.41, 5.74) is 4.50. The zero-order valence-electron chi connectivity index (χ0n) is 19.6. The van der Waals surface area contributed by atoms with Gasteiger partial charge in [-0.05, 0) is 77.8 Å². The van der Waals surface area contributed by atoms with Crippen molar-refractivity contribution in [1.29, 1.82) is 0 Å². The average Bonchev–Trinajstić information content (AvgIpc) is 2.85. The van der Waals surface area contributed by atoms with Gasteiger partial charge in [-0.1, -0.05) is 28.1 Å². The Morgan fingerprint density at radius 1 is 0.917 bits per heavy atom. The molecule has 3 rings (SSSR count). The molecule has 0 aliphatic heterocycles. The third kappa shape index (κ3) is 7.32. The Morgan fingerprint density at radius 2 is 1.58 bits per heavy atom. The minimum Gasteiger partial charge on any atom is -0.490 e. The zero-order valence-corrected chi connectivity index (χ0v) is 22.8. The molecule has 0 unspecified atom stereocenters. The van der Waals surface area contributed by atoms with Crippen molar-refractivity contribution < 1.29 is 28.9 Å². The van der Waals surface area contributed by atoms with Crippen molar-refractivity contribution in [3.05, 3.63) is 85.8 Å². The molecule has 0 fully saturated rings. The van der Waals surface area contributed by atoms with E-state index in [1.165, 1.54) is 18.3 Å². The summed E-state index contributed by atoms with van der Waals surface area (Å²) in [4.78, 5) is 23.7. The molecule has 10 heteroatoms. The first kappa shape index (κ1) is 27.2. The summed E-state index contributed by atoms with van der Waals surface area (Å²) in [6.45, 7) is 4.86. The lowest BCUT2D eigenvalue weighted by Gasteiger charge is -2.13. The van der Waals surface area contributed by atoms with Gasteiger partial charge in [-0.25, -0.2) is 10.2 Å². The number of nitrogens with one attached hydrogen (secondary N) is 1. The van der Waals surface area contributed by atoms with Gasteiger partial charge in [-0.2, -0.15) is 5.10 Å². The highest BCUT2D eigenvalue weighted by atomic mass is 79.9. The number of rotatable bonds is 11. The Balaban J connectivity index is 1.73. The maximum Gasteiger partial charge on any atom is 0.335 e. The first-order valence-electron chi connectivity index (χ1n) is 11.0. The summed E-state index contributed by atoms with van der Waals surface area (Å²) < 4.78 is 18.6. The van der Waals surface area contributed by atoms with Gasteiger partial charge in [-0.15, -0.1) is 0 Å². The maximum absolute atomic E-state index is 12.7. The predicted octanol–water partition coefficient (Wildman–Crippen LogP) is 6.05. The van der Waals surface area contributed by atoms with Gasteiger partial charge in [0.1, 0.15) is 12.4 Å². The first-order valence-corrected chi connectivity index (χ1v) is 12.6. The molecule has 3 aromatic carbocycles. The highest BCUT2D eigenvalue weighted by molar-refractivity contribution is 9.11. The quantitative estimate of drug-likeness (QED) is 0.200. The number of ether oxygens (including phenoxy) is 3. The minimum absolute atomic E-state index is 0.202. The van der Waals surface area contributed by atoms with Crippen LogP contribution in [-0.4, -0.2) is 36.4 Å². The Kier molecular flexibility index (Phi) is 9.89. The number of carboxylic acids is 1. The van der Waals surface area contributed by atoms with Crippen LogP contribution in [0.5, 0.6) is 17.2 Å². The van der Waals surface area contributed by atoms with E-state index in [4.69, 9.17) is 19.3 Å². The molecular formula is C26H24Br2N2O6. The van der Waals surface area contributed by atoms with Crippen LogP contribution in [0.3, 0.4) is 0 Å². The molecule has 1 amide bonds. The number of carbonyl (C=O) groups is 2. The summed E-state index contributed by atoms with van der Waals surface area (Å²) in [6.07, 6.45) is 1.48. The molecule has 0 bridgehead atoms. The maximum atomic E-state index is 12.7. The topological polar surface area (TPSA) is 106 Å². The fraction of sp³-hybridized carbons (Fsp3) is 0.192. The van der Waals surface area contributed by atoms with Crippen LogP contribution in [0.25, 0.3) is 0 Å². The van der Waals surface area contributed by atoms with Crippen molar-refractivity contribution in [2.75, 3.05) is 13.2 Å². The number of hydrazone groups is 1. The second-order valence-electron chi connectivity index (χ2n) is 7.32. The normalized spacial score (nSPS) is 10.8. The van der Waals surface area contributed by atoms with Gasteiger partial charge < -0.3 is 19.3 Å². The van der Waals surface area contributed by atoms with E-state index in [-0.39, 0.29) is 12.2 Å². The summed E-state index contributed by atoms with van der Waals surface area (Å²) in [6, 6.07) is 15.0. The number of hydrogen-bond acceptors (Lipinski definition) is 6. The fourth-order valence-electron chi connectivity index (χ4n) is 3.14. The van der Waals surface area contributed by atoms with E-state index in [0.29, 0.717) is 46.1 Å². The largest absolute Gasteiger partial charge is 0.490 e. The number of amides is 1. The van der Waals surface area contributed by atoms with Crippen molar-refractivity contribution >= 4 is 50.0 Å². The van der Waals surface area contributed by atoms with E-state index in [9.17, 15) is 9.59 Å². The third-order valence-electron chi connectivity index (χ3n) is 4.80. The van der Waals surface area contributed by atoms with Crippen LogP contribution in [0, 0.1) is 0 Å². The molecule has 3 aromatic rings. The molecule has 0 aliphatic rings. The number of benzene rings is 3. The highest BCUT2D eigenvalue weighted by Gasteiger charge is 2.13. The van der Waals surface area contributed by atoms with Crippen molar-refractivity contribution in [2.45, 2.75) is 20.5 Å². The predicted molar refractivity (Wildman–Crippen MR) is 143 cm³/mol. The van der Waals surface area contributed by atoms with Gasteiger partial charge in [0.15, 0.2) is 11.5 Å². The molecule has 0 saturated carbocycles. The third-order valence-corrected chi connectivity index (χ3v) is 5.84. The van der Waals surface area contributed by atoms with Gasteiger partial charge in [0.2, 0.25) is 0 Å². The SMILES string of the molecule is CCOc1ccc(C(=O)N/N=C/c2cc(Br)cc(Br)c2OCc2ccc(C(=O)O)cc2)cc1OCC. The number of carboxylic acid groups (broad SMARTS) is 1. The van der Waals surface area contributed by atoms with E-state index in [2.05, 4.69) is 42.4 Å². The minimum atomic E-state index is -0.988. The molecule has 0 atom stereocenters. The summed E-state index contributed by atoms with van der Waals surface area (Å²) >= 11 is 6.94. The smallest absolute Gasteiger partial charge is 0.335 e. The Morgan fingerprint density at radius 3 is 2.25 bits per heavy atom. The molecule has 36 heavy (non-hydrogen) atoms. The fourth-order valence-corrected chi connectivity index (χ4v) is 4.52. The van der Waals surface area contributed by atoms with E-state index >= 15 is 0 Å². The Hall–Kier alpha value is -3.37. The molecule has 0 aliphatic carbocycles. The van der Waals surface area contributed by atoms with Crippen molar-refractivity contribution in [3.8, 4) is 17.2 Å². The molecule has 0 saturated heterocycles. The zero-order chi connectivity index (χ0) is 26.1. The molecule has 0 spiro atoms. The standard InChI is InChI=1S/C26H24Br2N2O6/c1-3-34-22-10-9-18(12-23(22)35-4-2)25(31)30-29-14-19-11-20(27)13-21(28)24(19)36-15-16-5-7-17(8-6-16)26(32)33/h5-14H,3-4,15H2,1-2H3,(H,30,31)(H,32,33)/b29-14+. The van der Waals surface area contributed by atoms with Crippen LogP contribution in [0.1, 0.15) is 45.7 Å². The highest BCUT2D eigenvalue weighted by Crippen LogP contribution is 2.33. The second-order valence-corrected chi connectivity index (χ2v) is 9.09. The molecular weight excluding hydrogens is 596 g/mol. The molecule has 0 heterocycles. The molecule has 8 nitrogen and oxygen atoms in total. The van der Waals surface area contributed by atoms with Crippen LogP contribution in [0.15, 0.2) is 68.6 Å². The van der Waals surface area contributed by atoms with Crippen LogP contribution in [-0.2, 0) is 6.61 Å². The van der Waals surface area contributed by atoms with E-state index in [1.807, 2.05) is 19.9 Å². The summed E-state index contributed by atoms with van der Waals surface area (Å²) in [5.74, 6) is 0.165. The number of hydrogen-bond donors (Lipinski definition) is 2. The van der Waals surface area contributed by atoms with E-state index < -0.39 is 11.9 Å². The van der Waals surface area contributed by atoms with Crippen LogP contribution in [0.4, 0.5) is 0 Å². The summed E-state index contributed by atoms with van der Waals surface area (Å²) in [5, 5.41) is 13.1. The average molecular weight is 620 g/mol. The van der Waals surface area contributed by atoms with Gasteiger partial charge in [0.25, 0.3) is 5.91 Å². The molecule has 0 aromatic heterocycles. The molecule has 0 radical (unpaired) electrons. The van der Waals surface area contributed by atoms with Gasteiger partial charge in [0, 0.05) is 15.6 Å². The van der Waals surface area contributed by atoms with Crippen LogP contribution < -0.4 is 19.6 Å². The number of aromatic carboxylic acids is 1. The number of halogens is 2. The van der Waals surface area contributed by atoms with Crippen molar-refractivity contribution in [2.24, 2.45) is 5.10 Å². The van der Waals surface area contributed by atoms with Gasteiger partial charge in [0.05, 0.1) is 29.5 Å². The molecule has 2 N–H and O–H groups in total. The molecule has 188 valence electrons. The second kappa shape index (κ2) is 13.1. The number of carbonyl (C=O) groups excluding carboxylic acids is 1. The van der Waals surface area contributed by atoms with E-state index in [0.717, 1.165) is 10.0 Å². The monoisotopic (exact) mass is 618 g/mol. The number of nitrogens with zero attached hydrogens (tertiary/aromatic N) is 1. The van der Waals surface area contributed by atoms with Crippen LogP contribution in [0.2, 0.25) is 0 Å². The Labute approximate surface area is 225 Å². The first-order chi connectivity index (χ1) is 17.3. The van der Waals surface area contributed by atoms with Crippen molar-refractivity contribution in [1.82, 2.24) is 5.43 Å². The van der Waals surface area contributed by atoms with Gasteiger partial charge >= 0.3 is 5.97 Å². The Bertz CT molecular complexity index is 1260. The lowest BCUT2D eigenvalue weighted by atomic mass is 10.1. The van der Waals surface area contributed by atoms with Gasteiger partial charge in [-0.3, -0.25) is 4.79 Å². The van der Waals surface area contributed by atoms with Crippen molar-refractivity contribution in [3.63, 3.8) is 0 Å². The lowest BCUT2D eigenvalue weighted by molar-refractivity contribution is 0.0696. The van der Waals surface area contributed by atoms with E-state index in [1.54, 1.807) is 36.4 Å².